The predicted molar refractivity (Wildman–Crippen MR) is 108 cm³/mol. The third-order valence-electron chi connectivity index (χ3n) is 4.88. The van der Waals surface area contributed by atoms with Gasteiger partial charge < -0.3 is 4.90 Å². The number of fused-ring (bicyclic) bond motifs is 1. The number of hydrogen-bond acceptors (Lipinski definition) is 4. The summed E-state index contributed by atoms with van der Waals surface area (Å²) in [5, 5.41) is 13.8. The average Bonchev–Trinajstić information content (AvgIpc) is 2.98. The van der Waals surface area contributed by atoms with Crippen LogP contribution in [0.2, 0.25) is 0 Å². The summed E-state index contributed by atoms with van der Waals surface area (Å²) in [7, 11) is 0. The van der Waals surface area contributed by atoms with Crippen molar-refractivity contribution in [3.8, 4) is 11.4 Å². The van der Waals surface area contributed by atoms with Crippen molar-refractivity contribution in [3.05, 3.63) is 40.6 Å². The minimum Gasteiger partial charge on any atom is -0.369 e. The van der Waals surface area contributed by atoms with Crippen molar-refractivity contribution in [2.45, 2.75) is 54.4 Å². The van der Waals surface area contributed by atoms with Gasteiger partial charge in [0.05, 0.1) is 11.4 Å². The first-order chi connectivity index (χ1) is 12.5. The molecular formula is C21H29N5. The van der Waals surface area contributed by atoms with Crippen LogP contribution < -0.4 is 4.90 Å². The number of unbranched alkanes of at least 4 members (excludes halogenated alkanes) is 1. The van der Waals surface area contributed by atoms with Gasteiger partial charge in [0, 0.05) is 18.7 Å². The number of nitrogens with zero attached hydrogens (tertiary/aromatic N) is 5. The van der Waals surface area contributed by atoms with Crippen molar-refractivity contribution in [2.75, 3.05) is 18.0 Å². The van der Waals surface area contributed by atoms with Gasteiger partial charge in [-0.3, -0.25) is 0 Å². The lowest BCUT2D eigenvalue weighted by molar-refractivity contribution is 0.729. The summed E-state index contributed by atoms with van der Waals surface area (Å²) in [5.41, 5.74) is 7.74. The molecule has 3 rings (SSSR count). The molecule has 0 unspecified atom stereocenters. The second-order valence-electron chi connectivity index (χ2n) is 7.14. The van der Waals surface area contributed by atoms with E-state index in [-0.39, 0.29) is 0 Å². The largest absolute Gasteiger partial charge is 0.369 e. The molecule has 0 spiro atoms. The number of aromatic nitrogens is 4. The summed E-state index contributed by atoms with van der Waals surface area (Å²) in [6, 6.07) is 6.52. The van der Waals surface area contributed by atoms with Crippen molar-refractivity contribution in [1.82, 2.24) is 19.8 Å². The van der Waals surface area contributed by atoms with Crippen LogP contribution in [0.15, 0.2) is 18.2 Å². The van der Waals surface area contributed by atoms with Crippen molar-refractivity contribution in [2.24, 2.45) is 0 Å². The van der Waals surface area contributed by atoms with Crippen molar-refractivity contribution in [1.29, 1.82) is 0 Å². The van der Waals surface area contributed by atoms with Crippen LogP contribution in [0.3, 0.4) is 0 Å². The van der Waals surface area contributed by atoms with E-state index < -0.39 is 0 Å². The molecule has 2 heterocycles. The summed E-state index contributed by atoms with van der Waals surface area (Å²) in [4.78, 5) is 2.38. The highest BCUT2D eigenvalue weighted by molar-refractivity contribution is 5.74. The van der Waals surface area contributed by atoms with Gasteiger partial charge in [-0.15, -0.1) is 10.2 Å². The van der Waals surface area contributed by atoms with Gasteiger partial charge in [-0.05, 0) is 58.2 Å². The summed E-state index contributed by atoms with van der Waals surface area (Å²) < 4.78 is 1.92. The van der Waals surface area contributed by atoms with Crippen molar-refractivity contribution < 1.29 is 0 Å². The highest BCUT2D eigenvalue weighted by Crippen LogP contribution is 2.30. The number of aryl methyl sites for hydroxylation is 4. The van der Waals surface area contributed by atoms with Crippen LogP contribution in [-0.4, -0.2) is 32.9 Å². The molecular weight excluding hydrogens is 322 g/mol. The highest BCUT2D eigenvalue weighted by Gasteiger charge is 2.19. The first-order valence-corrected chi connectivity index (χ1v) is 9.52. The minimum atomic E-state index is 0.825. The fourth-order valence-electron chi connectivity index (χ4n) is 3.70. The molecule has 0 saturated carbocycles. The summed E-state index contributed by atoms with van der Waals surface area (Å²) in [6.07, 6.45) is 2.34. The molecule has 138 valence electrons. The SMILES string of the molecule is CCCCN(CC)c1cc(C)nn2c(-c3c(C)cc(C)cc3C)nnc12. The van der Waals surface area contributed by atoms with Gasteiger partial charge in [0.2, 0.25) is 5.65 Å². The van der Waals surface area contributed by atoms with Crippen molar-refractivity contribution >= 4 is 11.3 Å². The van der Waals surface area contributed by atoms with E-state index in [2.05, 4.69) is 67.9 Å². The van der Waals surface area contributed by atoms with E-state index in [1.165, 1.54) is 29.5 Å². The average molecular weight is 351 g/mol. The molecule has 0 N–H and O–H groups in total. The first-order valence-electron chi connectivity index (χ1n) is 9.52. The fourth-order valence-corrected chi connectivity index (χ4v) is 3.70. The van der Waals surface area contributed by atoms with E-state index in [0.717, 1.165) is 41.5 Å². The van der Waals surface area contributed by atoms with Crippen LogP contribution >= 0.6 is 0 Å². The molecule has 5 nitrogen and oxygen atoms in total. The fraction of sp³-hybridized carbons (Fsp3) is 0.476. The molecule has 0 aliphatic rings. The van der Waals surface area contributed by atoms with Crippen LogP contribution in [0.1, 0.15) is 49.1 Å². The Kier molecular flexibility index (Phi) is 5.25. The normalized spacial score (nSPS) is 11.3. The maximum Gasteiger partial charge on any atom is 0.201 e. The Balaban J connectivity index is 2.20. The molecule has 0 amide bonds. The smallest absolute Gasteiger partial charge is 0.201 e. The molecule has 3 aromatic rings. The number of rotatable bonds is 6. The van der Waals surface area contributed by atoms with Crippen LogP contribution in [0.25, 0.3) is 17.0 Å². The van der Waals surface area contributed by atoms with Crippen LogP contribution in [0.4, 0.5) is 5.69 Å². The lowest BCUT2D eigenvalue weighted by atomic mass is 9.99. The summed E-state index contributed by atoms with van der Waals surface area (Å²) >= 11 is 0. The molecule has 0 fully saturated rings. The molecule has 5 heteroatoms. The summed E-state index contributed by atoms with van der Waals surface area (Å²) in [5.74, 6) is 0.825. The van der Waals surface area contributed by atoms with Gasteiger partial charge in [-0.1, -0.05) is 31.0 Å². The first kappa shape index (κ1) is 18.4. The zero-order valence-corrected chi connectivity index (χ0v) is 16.8. The van der Waals surface area contributed by atoms with Gasteiger partial charge >= 0.3 is 0 Å². The topological polar surface area (TPSA) is 46.3 Å². The maximum atomic E-state index is 4.74. The van der Waals surface area contributed by atoms with Crippen LogP contribution in [0.5, 0.6) is 0 Å². The lowest BCUT2D eigenvalue weighted by Gasteiger charge is -2.23. The molecule has 2 aromatic heterocycles. The maximum absolute atomic E-state index is 4.74. The third-order valence-corrected chi connectivity index (χ3v) is 4.88. The Morgan fingerprint density at radius 1 is 0.962 bits per heavy atom. The van der Waals surface area contributed by atoms with E-state index in [0.29, 0.717) is 0 Å². The van der Waals surface area contributed by atoms with E-state index in [1.807, 2.05) is 11.4 Å². The van der Waals surface area contributed by atoms with Crippen LogP contribution in [0, 0.1) is 27.7 Å². The standard InChI is InChI=1S/C21H29N5/c1-7-9-10-25(8-2)18-13-17(6)24-26-20(18)22-23-21(26)19-15(4)11-14(3)12-16(19)5/h11-13H,7-10H2,1-6H3. The molecule has 0 aliphatic heterocycles. The Morgan fingerprint density at radius 3 is 2.27 bits per heavy atom. The van der Waals surface area contributed by atoms with Crippen molar-refractivity contribution in [3.63, 3.8) is 0 Å². The number of benzene rings is 1. The lowest BCUT2D eigenvalue weighted by Crippen LogP contribution is -2.25. The van der Waals surface area contributed by atoms with E-state index in [4.69, 9.17) is 5.10 Å². The highest BCUT2D eigenvalue weighted by atomic mass is 15.4. The Hall–Kier alpha value is -2.43. The Bertz CT molecular complexity index is 903. The number of anilines is 1. The van der Waals surface area contributed by atoms with Gasteiger partial charge in [-0.2, -0.15) is 9.61 Å². The van der Waals surface area contributed by atoms with Crippen LogP contribution in [-0.2, 0) is 0 Å². The molecule has 0 radical (unpaired) electrons. The van der Waals surface area contributed by atoms with Gasteiger partial charge in [-0.25, -0.2) is 0 Å². The number of hydrogen-bond donors (Lipinski definition) is 0. The molecule has 26 heavy (non-hydrogen) atoms. The predicted octanol–water partition coefficient (Wildman–Crippen LogP) is 4.65. The van der Waals surface area contributed by atoms with Gasteiger partial charge in [0.25, 0.3) is 0 Å². The molecule has 0 bridgehead atoms. The van der Waals surface area contributed by atoms with E-state index in [1.54, 1.807) is 0 Å². The third kappa shape index (κ3) is 3.30. The second-order valence-corrected chi connectivity index (χ2v) is 7.14. The Morgan fingerprint density at radius 2 is 1.65 bits per heavy atom. The molecule has 0 atom stereocenters. The second kappa shape index (κ2) is 7.44. The zero-order valence-electron chi connectivity index (χ0n) is 16.8. The molecule has 0 aliphatic carbocycles. The monoisotopic (exact) mass is 351 g/mol. The summed E-state index contributed by atoms with van der Waals surface area (Å²) in [6.45, 7) is 14.8. The zero-order chi connectivity index (χ0) is 18.8. The van der Waals surface area contributed by atoms with Gasteiger partial charge in [0.15, 0.2) is 5.82 Å². The Labute approximate surface area is 156 Å². The van der Waals surface area contributed by atoms with E-state index in [9.17, 15) is 0 Å². The molecule has 0 saturated heterocycles. The molecule has 1 aromatic carbocycles. The van der Waals surface area contributed by atoms with E-state index >= 15 is 0 Å². The minimum absolute atomic E-state index is 0.825. The quantitative estimate of drug-likeness (QED) is 0.648. The van der Waals surface area contributed by atoms with Gasteiger partial charge in [0.1, 0.15) is 0 Å².